The zero-order chi connectivity index (χ0) is 40.6. The van der Waals surface area contributed by atoms with Crippen molar-refractivity contribution in [1.82, 2.24) is 0 Å². The maximum atomic E-state index is 13.9. The van der Waals surface area contributed by atoms with Crippen molar-refractivity contribution in [2.75, 3.05) is 81.6 Å². The number of hydrogen-bond donors (Lipinski definition) is 0. The van der Waals surface area contributed by atoms with Crippen LogP contribution in [0.3, 0.4) is 0 Å². The second-order valence-electron chi connectivity index (χ2n) is 20.7. The first-order valence-corrected chi connectivity index (χ1v) is 23.0. The van der Waals surface area contributed by atoms with Gasteiger partial charge in [-0.2, -0.15) is 0 Å². The quantitative estimate of drug-likeness (QED) is 0.0314. The number of carbonyl (C=O) groups excluding carboxylic acids is 3. The molecule has 0 unspecified atom stereocenters. The Balaban J connectivity index is 1.72. The summed E-state index contributed by atoms with van der Waals surface area (Å²) >= 11 is 0. The fourth-order valence-corrected chi connectivity index (χ4v) is 10.6. The summed E-state index contributed by atoms with van der Waals surface area (Å²) in [6.45, 7) is 10.4. The third-order valence-electron chi connectivity index (χ3n) is 12.9. The van der Waals surface area contributed by atoms with Gasteiger partial charge < -0.3 is 27.7 Å². The molecular weight excluding hydrogens is 691 g/mol. The average Bonchev–Trinajstić information content (AvgIpc) is 3.03. The third-order valence-corrected chi connectivity index (χ3v) is 12.9. The van der Waals surface area contributed by atoms with Gasteiger partial charge in [-0.15, -0.1) is 0 Å². The van der Waals surface area contributed by atoms with Gasteiger partial charge in [0, 0.05) is 19.3 Å². The van der Waals surface area contributed by atoms with Gasteiger partial charge in [-0.05, 0) is 63.7 Å². The summed E-state index contributed by atoms with van der Waals surface area (Å²) in [4.78, 5) is 41.6. The number of hydrogen-bond acceptors (Lipinski definition) is 6. The van der Waals surface area contributed by atoms with Crippen LogP contribution in [0.2, 0.25) is 0 Å². The number of esters is 3. The highest BCUT2D eigenvalue weighted by molar-refractivity contribution is 5.73. The molecule has 0 amide bonds. The molecule has 4 saturated carbocycles. The van der Waals surface area contributed by atoms with Crippen LogP contribution in [0, 0.1) is 5.92 Å². The highest BCUT2D eigenvalue weighted by Crippen LogP contribution is 2.63. The fraction of sp³-hybridized carbons (Fsp3) is 0.935. The van der Waals surface area contributed by atoms with Crippen LogP contribution in [0.5, 0.6) is 0 Å². The van der Waals surface area contributed by atoms with Gasteiger partial charge in [-0.25, -0.2) is 14.4 Å². The molecule has 4 aliphatic rings. The lowest BCUT2D eigenvalue weighted by Gasteiger charge is -2.63. The van der Waals surface area contributed by atoms with E-state index >= 15 is 0 Å². The number of likely N-dealkylation sites (N-methyl/N-ethyl adjacent to an activating group) is 3. The van der Waals surface area contributed by atoms with Crippen molar-refractivity contribution >= 4 is 17.9 Å². The minimum atomic E-state index is -0.803. The summed E-state index contributed by atoms with van der Waals surface area (Å²) in [5.41, 5.74) is -2.41. The molecule has 9 nitrogen and oxygen atoms in total. The van der Waals surface area contributed by atoms with Gasteiger partial charge in [0.1, 0.15) is 16.8 Å². The summed E-state index contributed by atoms with van der Waals surface area (Å²) in [6.07, 6.45) is 25.7. The van der Waals surface area contributed by atoms with E-state index in [0.29, 0.717) is 52.3 Å². The van der Waals surface area contributed by atoms with E-state index in [1.807, 2.05) is 0 Å². The summed E-state index contributed by atoms with van der Waals surface area (Å²) in [6, 6.07) is 0. The number of quaternary nitrogens is 3. The molecule has 4 aliphatic carbocycles. The van der Waals surface area contributed by atoms with Crippen LogP contribution in [-0.2, 0) is 28.6 Å². The molecular formula is C46H88N3O6+3. The van der Waals surface area contributed by atoms with Crippen LogP contribution in [0.1, 0.15) is 175 Å². The van der Waals surface area contributed by atoms with E-state index in [2.05, 4.69) is 63.1 Å². The monoisotopic (exact) mass is 779 g/mol. The van der Waals surface area contributed by atoms with Gasteiger partial charge >= 0.3 is 17.9 Å². The Hall–Kier alpha value is -1.71. The molecule has 4 rings (SSSR count). The molecule has 0 heterocycles. The second kappa shape index (κ2) is 21.9. The average molecular weight is 779 g/mol. The van der Waals surface area contributed by atoms with E-state index in [0.717, 1.165) is 58.2 Å². The molecule has 0 atom stereocenters. The van der Waals surface area contributed by atoms with Gasteiger partial charge in [0.2, 0.25) is 0 Å². The summed E-state index contributed by atoms with van der Waals surface area (Å²) in [5.74, 6) is -0.440. The van der Waals surface area contributed by atoms with E-state index in [9.17, 15) is 14.4 Å². The Kier molecular flexibility index (Phi) is 19.0. The first-order chi connectivity index (χ1) is 25.9. The van der Waals surface area contributed by atoms with E-state index in [4.69, 9.17) is 14.2 Å². The first kappa shape index (κ1) is 47.7. The minimum Gasteiger partial charge on any atom is -0.455 e. The zero-order valence-electron chi connectivity index (χ0n) is 37.6. The molecule has 0 aromatic rings. The van der Waals surface area contributed by atoms with E-state index in [1.165, 1.54) is 96.3 Å². The van der Waals surface area contributed by atoms with Crippen molar-refractivity contribution in [3.8, 4) is 0 Å². The molecule has 0 aromatic heterocycles. The third kappa shape index (κ3) is 17.0. The van der Waals surface area contributed by atoms with Crippen LogP contribution >= 0.6 is 0 Å². The lowest BCUT2D eigenvalue weighted by Crippen LogP contribution is -2.69. The van der Waals surface area contributed by atoms with Crippen molar-refractivity contribution in [2.24, 2.45) is 5.92 Å². The number of nitrogens with zero attached hydrogens (tertiary/aromatic N) is 3. The van der Waals surface area contributed by atoms with E-state index in [-0.39, 0.29) is 23.8 Å². The predicted octanol–water partition coefficient (Wildman–Crippen LogP) is 9.14. The topological polar surface area (TPSA) is 78.9 Å². The van der Waals surface area contributed by atoms with Crippen LogP contribution in [0.15, 0.2) is 0 Å². The lowest BCUT2D eigenvalue weighted by atomic mass is 9.50. The number of ether oxygens (including phenoxy) is 3. The second-order valence-corrected chi connectivity index (χ2v) is 20.7. The summed E-state index contributed by atoms with van der Waals surface area (Å²) in [5, 5.41) is 0. The lowest BCUT2D eigenvalue weighted by molar-refractivity contribution is -0.883. The molecule has 0 radical (unpaired) electrons. The zero-order valence-corrected chi connectivity index (χ0v) is 37.6. The summed E-state index contributed by atoms with van der Waals surface area (Å²) in [7, 11) is 12.7. The van der Waals surface area contributed by atoms with Crippen LogP contribution in [0.25, 0.3) is 0 Å². The Morgan fingerprint density at radius 1 is 0.418 bits per heavy atom. The SMILES string of the molecule is CCCCCCCC[N+](C)(C)CC(=O)OC12CC3CC(OC(=O)C[N+](C)(C)CCCCCCCC)(C1)CC(OC(=O)C[N+](C)(C)CCCCCCCC)(C3)C2. The number of rotatable bonds is 30. The predicted molar refractivity (Wildman–Crippen MR) is 223 cm³/mol. The maximum absolute atomic E-state index is 13.9. The van der Waals surface area contributed by atoms with E-state index < -0.39 is 16.8 Å². The van der Waals surface area contributed by atoms with Crippen molar-refractivity contribution < 1.29 is 42.0 Å². The van der Waals surface area contributed by atoms with Crippen molar-refractivity contribution in [3.63, 3.8) is 0 Å². The van der Waals surface area contributed by atoms with Gasteiger partial charge in [-0.1, -0.05) is 97.8 Å². The van der Waals surface area contributed by atoms with Crippen LogP contribution in [0.4, 0.5) is 0 Å². The first-order valence-electron chi connectivity index (χ1n) is 23.0. The van der Waals surface area contributed by atoms with E-state index in [1.54, 1.807) is 0 Å². The standard InChI is InChI=1S/C46H88N3O6/c1-10-13-16-19-22-25-28-47(4,5)34-41(50)53-44-31-40-32-45(37-44,54-42(51)35-48(6,7)29-26-23-20-17-14-11-2)39-46(33-40,38-44)55-43(52)36-49(8,9)30-27-24-21-18-15-12-3/h40H,10-39H2,1-9H3/q+3. The molecule has 0 aliphatic heterocycles. The van der Waals surface area contributed by atoms with Gasteiger partial charge in [0.25, 0.3) is 0 Å². The van der Waals surface area contributed by atoms with Crippen LogP contribution in [-0.4, -0.2) is 130 Å². The fourth-order valence-electron chi connectivity index (χ4n) is 10.6. The Labute approximate surface area is 338 Å². The molecule has 4 fully saturated rings. The Morgan fingerprint density at radius 2 is 0.655 bits per heavy atom. The Morgan fingerprint density at radius 3 is 0.909 bits per heavy atom. The van der Waals surface area contributed by atoms with Crippen LogP contribution < -0.4 is 0 Å². The largest absolute Gasteiger partial charge is 0.455 e. The number of unbranched alkanes of at least 4 members (excludes halogenated alkanes) is 15. The molecule has 0 spiro atoms. The Bertz CT molecular complexity index is 1030. The smallest absolute Gasteiger partial charge is 0.362 e. The normalized spacial score (nSPS) is 24.9. The molecule has 55 heavy (non-hydrogen) atoms. The number of carbonyl (C=O) groups is 3. The van der Waals surface area contributed by atoms with Gasteiger partial charge in [0.15, 0.2) is 19.6 Å². The highest BCUT2D eigenvalue weighted by atomic mass is 16.6. The van der Waals surface area contributed by atoms with Gasteiger partial charge in [0.05, 0.1) is 61.9 Å². The summed E-state index contributed by atoms with van der Waals surface area (Å²) < 4.78 is 21.6. The molecule has 320 valence electrons. The van der Waals surface area contributed by atoms with Crippen molar-refractivity contribution in [2.45, 2.75) is 192 Å². The van der Waals surface area contributed by atoms with Crippen molar-refractivity contribution in [3.05, 3.63) is 0 Å². The molecule has 9 heteroatoms. The van der Waals surface area contributed by atoms with Crippen molar-refractivity contribution in [1.29, 1.82) is 0 Å². The molecule has 0 saturated heterocycles. The molecule has 0 aromatic carbocycles. The minimum absolute atomic E-state index is 0.159. The highest BCUT2D eigenvalue weighted by Gasteiger charge is 2.68. The molecule has 4 bridgehead atoms. The maximum Gasteiger partial charge on any atom is 0.362 e. The molecule has 0 N–H and O–H groups in total. The van der Waals surface area contributed by atoms with Gasteiger partial charge in [-0.3, -0.25) is 0 Å².